The molecule has 0 saturated carbocycles. The Hall–Kier alpha value is -1.41. The fourth-order valence-electron chi connectivity index (χ4n) is 1.34. The zero-order chi connectivity index (χ0) is 15.1. The number of alkyl halides is 5. The third-order valence-corrected chi connectivity index (χ3v) is 2.63. The lowest BCUT2D eigenvalue weighted by atomic mass is 9.87. The van der Waals surface area contributed by atoms with E-state index in [1.807, 2.05) is 0 Å². The summed E-state index contributed by atoms with van der Waals surface area (Å²) in [5, 5.41) is 18.0. The van der Waals surface area contributed by atoms with E-state index in [1.165, 1.54) is 0 Å². The van der Waals surface area contributed by atoms with Crippen LogP contribution in [0.5, 0.6) is 0 Å². The Balaban J connectivity index is 3.50. The number of carbonyl (C=O) groups is 1. The third-order valence-electron chi connectivity index (χ3n) is 2.38. The maximum atomic E-state index is 13.2. The first-order chi connectivity index (χ1) is 8.44. The van der Waals surface area contributed by atoms with Gasteiger partial charge >= 0.3 is 18.1 Å². The number of benzene rings is 1. The molecule has 1 aromatic carbocycles. The second kappa shape index (κ2) is 4.61. The van der Waals surface area contributed by atoms with E-state index >= 15 is 0 Å². The smallest absolute Gasteiger partial charge is 0.457 e. The minimum atomic E-state index is -6.24. The van der Waals surface area contributed by atoms with Crippen LogP contribution in [0, 0.1) is 0 Å². The molecular weight excluding hydrogens is 299 g/mol. The van der Waals surface area contributed by atoms with E-state index in [0.29, 0.717) is 12.1 Å². The summed E-state index contributed by atoms with van der Waals surface area (Å²) in [6.07, 6.45) is -6.24. The molecule has 9 heteroatoms. The number of halogens is 6. The Labute approximate surface area is 108 Å². The summed E-state index contributed by atoms with van der Waals surface area (Å²) in [4.78, 5) is 10.7. The highest BCUT2D eigenvalue weighted by atomic mass is 35.5. The minimum Gasteiger partial charge on any atom is -0.479 e. The Kier molecular flexibility index (Phi) is 3.79. The molecule has 0 amide bonds. The quantitative estimate of drug-likeness (QED) is 0.844. The second-order valence-electron chi connectivity index (χ2n) is 3.59. The second-order valence-corrected chi connectivity index (χ2v) is 4.03. The van der Waals surface area contributed by atoms with Crippen molar-refractivity contribution in [2.75, 3.05) is 0 Å². The van der Waals surface area contributed by atoms with E-state index in [0.717, 1.165) is 12.1 Å². The van der Waals surface area contributed by atoms with Gasteiger partial charge in [-0.25, -0.2) is 4.79 Å². The molecule has 0 fully saturated rings. The van der Waals surface area contributed by atoms with Gasteiger partial charge in [-0.15, -0.1) is 0 Å². The van der Waals surface area contributed by atoms with Crippen molar-refractivity contribution in [1.82, 2.24) is 0 Å². The van der Waals surface area contributed by atoms with Crippen LogP contribution < -0.4 is 0 Å². The number of aliphatic hydroxyl groups is 1. The summed E-state index contributed by atoms with van der Waals surface area (Å²) in [6.45, 7) is 0. The first-order valence-electron chi connectivity index (χ1n) is 4.61. The van der Waals surface area contributed by atoms with Crippen LogP contribution in [0.1, 0.15) is 5.56 Å². The van der Waals surface area contributed by atoms with Crippen LogP contribution in [0.2, 0.25) is 5.02 Å². The number of rotatable bonds is 3. The van der Waals surface area contributed by atoms with Crippen molar-refractivity contribution >= 4 is 17.6 Å². The summed E-state index contributed by atoms with van der Waals surface area (Å²) < 4.78 is 63.2. The molecule has 0 bridgehead atoms. The van der Waals surface area contributed by atoms with E-state index in [9.17, 15) is 31.9 Å². The van der Waals surface area contributed by atoms with Crippen molar-refractivity contribution in [2.24, 2.45) is 0 Å². The van der Waals surface area contributed by atoms with E-state index in [1.54, 1.807) is 0 Å². The predicted molar refractivity (Wildman–Crippen MR) is 54.0 cm³/mol. The fourth-order valence-corrected chi connectivity index (χ4v) is 1.46. The van der Waals surface area contributed by atoms with E-state index < -0.39 is 29.2 Å². The molecule has 0 saturated heterocycles. The largest absolute Gasteiger partial charge is 0.479 e. The molecule has 0 aromatic heterocycles. The van der Waals surface area contributed by atoms with Crippen LogP contribution in [0.4, 0.5) is 22.0 Å². The normalized spacial score (nSPS) is 15.9. The van der Waals surface area contributed by atoms with Gasteiger partial charge in [0.05, 0.1) is 0 Å². The van der Waals surface area contributed by atoms with Gasteiger partial charge < -0.3 is 10.2 Å². The van der Waals surface area contributed by atoms with Gasteiger partial charge in [-0.05, 0) is 12.1 Å². The van der Waals surface area contributed by atoms with Crippen molar-refractivity contribution in [1.29, 1.82) is 0 Å². The van der Waals surface area contributed by atoms with Crippen molar-refractivity contribution < 1.29 is 37.0 Å². The van der Waals surface area contributed by atoms with Gasteiger partial charge in [0.15, 0.2) is 0 Å². The Bertz CT molecular complexity index is 485. The van der Waals surface area contributed by atoms with Crippen molar-refractivity contribution in [3.63, 3.8) is 0 Å². The molecule has 1 unspecified atom stereocenters. The highest BCUT2D eigenvalue weighted by Gasteiger charge is 2.74. The molecule has 3 nitrogen and oxygen atoms in total. The van der Waals surface area contributed by atoms with Gasteiger partial charge in [0.25, 0.3) is 5.60 Å². The molecule has 0 aliphatic rings. The maximum Gasteiger partial charge on any atom is 0.457 e. The SMILES string of the molecule is O=C(O)C(O)(c1ccc(Cl)cc1)C(F)(F)C(F)(F)F. The van der Waals surface area contributed by atoms with Gasteiger partial charge in [-0.3, -0.25) is 0 Å². The number of aliphatic carboxylic acids is 1. The highest BCUT2D eigenvalue weighted by molar-refractivity contribution is 6.30. The first kappa shape index (κ1) is 15.6. The Morgan fingerprint density at radius 2 is 1.47 bits per heavy atom. The third kappa shape index (κ3) is 2.37. The summed E-state index contributed by atoms with van der Waals surface area (Å²) in [5.74, 6) is -8.60. The average Bonchev–Trinajstić information content (AvgIpc) is 2.26. The lowest BCUT2D eigenvalue weighted by Crippen LogP contribution is -2.59. The van der Waals surface area contributed by atoms with Gasteiger partial charge in [-0.2, -0.15) is 22.0 Å². The van der Waals surface area contributed by atoms with Gasteiger partial charge in [0.2, 0.25) is 0 Å². The summed E-state index contributed by atoms with van der Waals surface area (Å²) in [6, 6.07) is 2.93. The van der Waals surface area contributed by atoms with Crippen LogP contribution in [-0.4, -0.2) is 28.3 Å². The van der Waals surface area contributed by atoms with Crippen LogP contribution in [0.3, 0.4) is 0 Å². The Morgan fingerprint density at radius 3 is 1.79 bits per heavy atom. The lowest BCUT2D eigenvalue weighted by Gasteiger charge is -2.33. The minimum absolute atomic E-state index is 0.0215. The van der Waals surface area contributed by atoms with Crippen LogP contribution in [0.25, 0.3) is 0 Å². The summed E-state index contributed by atoms with van der Waals surface area (Å²) >= 11 is 5.41. The number of carboxylic acids is 1. The molecule has 1 rings (SSSR count). The van der Waals surface area contributed by atoms with Crippen molar-refractivity contribution in [3.05, 3.63) is 34.9 Å². The number of hydrogen-bond acceptors (Lipinski definition) is 2. The molecule has 19 heavy (non-hydrogen) atoms. The lowest BCUT2D eigenvalue weighted by molar-refractivity contribution is -0.340. The maximum absolute atomic E-state index is 13.2. The van der Waals surface area contributed by atoms with Crippen molar-refractivity contribution in [2.45, 2.75) is 17.7 Å². The standard InChI is InChI=1S/C10H6ClF5O3/c11-6-3-1-5(2-4-6)8(19,7(17)18)9(12,13)10(14,15)16/h1-4,19H,(H,17,18). The van der Waals surface area contributed by atoms with Crippen LogP contribution >= 0.6 is 11.6 Å². The molecule has 0 heterocycles. The molecule has 106 valence electrons. The summed E-state index contributed by atoms with van der Waals surface area (Å²) in [7, 11) is 0. The molecular formula is C10H6ClF5O3. The van der Waals surface area contributed by atoms with Crippen LogP contribution in [0.15, 0.2) is 24.3 Å². The van der Waals surface area contributed by atoms with Gasteiger partial charge in [-0.1, -0.05) is 23.7 Å². The summed E-state index contributed by atoms with van der Waals surface area (Å²) in [5.41, 5.74) is -5.57. The van der Waals surface area contributed by atoms with Gasteiger partial charge in [0, 0.05) is 10.6 Å². The molecule has 0 aliphatic heterocycles. The van der Waals surface area contributed by atoms with Crippen molar-refractivity contribution in [3.8, 4) is 0 Å². The molecule has 1 atom stereocenters. The molecule has 0 radical (unpaired) electrons. The molecule has 0 aliphatic carbocycles. The predicted octanol–water partition coefficient (Wildman–Crippen LogP) is 2.81. The Morgan fingerprint density at radius 1 is 1.05 bits per heavy atom. The monoisotopic (exact) mass is 304 g/mol. The highest BCUT2D eigenvalue weighted by Crippen LogP contribution is 2.48. The topological polar surface area (TPSA) is 57.5 Å². The van der Waals surface area contributed by atoms with Crippen LogP contribution in [-0.2, 0) is 10.4 Å². The molecule has 0 spiro atoms. The van der Waals surface area contributed by atoms with E-state index in [2.05, 4.69) is 0 Å². The number of carboxylic acid groups (broad SMARTS) is 1. The number of hydrogen-bond donors (Lipinski definition) is 2. The fraction of sp³-hybridized carbons (Fsp3) is 0.300. The first-order valence-corrected chi connectivity index (χ1v) is 4.98. The van der Waals surface area contributed by atoms with Gasteiger partial charge in [0.1, 0.15) is 0 Å². The molecule has 1 aromatic rings. The van der Waals surface area contributed by atoms with E-state index in [4.69, 9.17) is 16.7 Å². The molecule has 2 N–H and O–H groups in total. The average molecular weight is 305 g/mol. The zero-order valence-electron chi connectivity index (χ0n) is 8.88. The zero-order valence-corrected chi connectivity index (χ0v) is 9.64. The van der Waals surface area contributed by atoms with E-state index in [-0.39, 0.29) is 5.02 Å².